The van der Waals surface area contributed by atoms with Crippen molar-refractivity contribution >= 4 is 16.7 Å². The fraction of sp³-hybridized carbons (Fsp3) is 0.462. The minimum absolute atomic E-state index is 0.831. The van der Waals surface area contributed by atoms with Crippen LogP contribution < -0.4 is 4.90 Å². The first kappa shape index (κ1) is 10.4. The van der Waals surface area contributed by atoms with E-state index in [4.69, 9.17) is 0 Å². The van der Waals surface area contributed by atoms with Crippen molar-refractivity contribution in [3.05, 3.63) is 23.3 Å². The summed E-state index contributed by atoms with van der Waals surface area (Å²) in [6.07, 6.45) is 2.14. The van der Waals surface area contributed by atoms with Crippen LogP contribution in [0.5, 0.6) is 0 Å². The lowest BCUT2D eigenvalue weighted by Crippen LogP contribution is -2.19. The summed E-state index contributed by atoms with van der Waals surface area (Å²) in [5.74, 6) is 1.87. The van der Waals surface area contributed by atoms with E-state index in [2.05, 4.69) is 33.0 Å². The Labute approximate surface area is 101 Å². The number of rotatable bonds is 0. The number of aryl methyl sites for hydroxylation is 3. The van der Waals surface area contributed by atoms with E-state index in [1.165, 1.54) is 0 Å². The van der Waals surface area contributed by atoms with Gasteiger partial charge in [-0.1, -0.05) is 0 Å². The number of aromatic nitrogens is 3. The Morgan fingerprint density at radius 3 is 2.82 bits per heavy atom. The van der Waals surface area contributed by atoms with E-state index in [0.29, 0.717) is 0 Å². The second-order valence-corrected chi connectivity index (χ2v) is 4.72. The Hall–Kier alpha value is -1.71. The van der Waals surface area contributed by atoms with Crippen molar-refractivity contribution in [2.45, 2.75) is 26.7 Å². The van der Waals surface area contributed by atoms with Crippen LogP contribution >= 0.6 is 0 Å². The van der Waals surface area contributed by atoms with E-state index in [1.807, 2.05) is 13.8 Å². The third-order valence-electron chi connectivity index (χ3n) is 3.24. The van der Waals surface area contributed by atoms with Gasteiger partial charge < -0.3 is 4.90 Å². The smallest absolute Gasteiger partial charge is 0.141 e. The van der Waals surface area contributed by atoms with Crippen LogP contribution in [0.15, 0.2) is 6.07 Å². The molecule has 0 N–H and O–H groups in total. The molecule has 0 atom stereocenters. The predicted octanol–water partition coefficient (Wildman–Crippen LogP) is 2.02. The van der Waals surface area contributed by atoms with Crippen LogP contribution in [0, 0.1) is 13.8 Å². The van der Waals surface area contributed by atoms with Gasteiger partial charge in [0.25, 0.3) is 0 Å². The molecular weight excluding hydrogens is 212 g/mol. The van der Waals surface area contributed by atoms with Gasteiger partial charge in [-0.2, -0.15) is 0 Å². The molecule has 0 saturated carbocycles. The molecule has 0 fully saturated rings. The molecule has 0 bridgehead atoms. The zero-order chi connectivity index (χ0) is 12.0. The van der Waals surface area contributed by atoms with Crippen LogP contribution in [0.4, 0.5) is 5.82 Å². The summed E-state index contributed by atoms with van der Waals surface area (Å²) < 4.78 is 0. The van der Waals surface area contributed by atoms with Crippen molar-refractivity contribution in [3.63, 3.8) is 0 Å². The van der Waals surface area contributed by atoms with E-state index in [0.717, 1.165) is 53.3 Å². The molecule has 1 aliphatic rings. The van der Waals surface area contributed by atoms with Gasteiger partial charge in [0, 0.05) is 19.3 Å². The van der Waals surface area contributed by atoms with Gasteiger partial charge in [0.15, 0.2) is 0 Å². The topological polar surface area (TPSA) is 41.9 Å². The van der Waals surface area contributed by atoms with Crippen molar-refractivity contribution in [1.29, 1.82) is 0 Å². The molecule has 17 heavy (non-hydrogen) atoms. The van der Waals surface area contributed by atoms with Crippen molar-refractivity contribution in [2.24, 2.45) is 0 Å². The molecular formula is C13H16N4. The van der Waals surface area contributed by atoms with Crippen LogP contribution in [0.2, 0.25) is 0 Å². The Kier molecular flexibility index (Phi) is 2.24. The van der Waals surface area contributed by atoms with Crippen molar-refractivity contribution in [2.75, 3.05) is 18.5 Å². The highest BCUT2D eigenvalue weighted by Crippen LogP contribution is 2.29. The van der Waals surface area contributed by atoms with E-state index in [1.54, 1.807) is 0 Å². The van der Waals surface area contributed by atoms with E-state index < -0.39 is 0 Å². The van der Waals surface area contributed by atoms with Gasteiger partial charge in [-0.3, -0.25) is 4.98 Å². The number of hydrogen-bond acceptors (Lipinski definition) is 4. The Morgan fingerprint density at radius 1 is 1.18 bits per heavy atom. The second kappa shape index (κ2) is 3.65. The van der Waals surface area contributed by atoms with Crippen molar-refractivity contribution in [1.82, 2.24) is 15.0 Å². The molecule has 4 nitrogen and oxygen atoms in total. The van der Waals surface area contributed by atoms with Crippen LogP contribution in [0.1, 0.15) is 23.6 Å². The summed E-state index contributed by atoms with van der Waals surface area (Å²) in [6.45, 7) is 5.01. The number of hydrogen-bond donors (Lipinski definition) is 0. The highest BCUT2D eigenvalue weighted by molar-refractivity contribution is 5.92. The summed E-state index contributed by atoms with van der Waals surface area (Å²) in [5, 5.41) is 1.14. The molecule has 4 heteroatoms. The Bertz CT molecular complexity index is 586. The fourth-order valence-corrected chi connectivity index (χ4v) is 2.51. The Morgan fingerprint density at radius 2 is 2.00 bits per heavy atom. The van der Waals surface area contributed by atoms with Crippen LogP contribution in [-0.4, -0.2) is 28.5 Å². The average molecular weight is 228 g/mol. The first-order chi connectivity index (χ1) is 8.15. The van der Waals surface area contributed by atoms with Crippen molar-refractivity contribution < 1.29 is 0 Å². The zero-order valence-corrected chi connectivity index (χ0v) is 10.5. The lowest BCUT2D eigenvalue weighted by Gasteiger charge is -2.17. The summed E-state index contributed by atoms with van der Waals surface area (Å²) in [6, 6.07) is 2.05. The molecule has 3 heterocycles. The van der Waals surface area contributed by atoms with Gasteiger partial charge in [0.05, 0.1) is 16.6 Å². The molecule has 0 unspecified atom stereocenters. The molecule has 0 spiro atoms. The van der Waals surface area contributed by atoms with Crippen molar-refractivity contribution in [3.8, 4) is 0 Å². The molecule has 0 amide bonds. The molecule has 2 aromatic heterocycles. The maximum atomic E-state index is 4.65. The van der Waals surface area contributed by atoms with E-state index >= 15 is 0 Å². The largest absolute Gasteiger partial charge is 0.359 e. The Balaban J connectivity index is 2.43. The van der Waals surface area contributed by atoms with Gasteiger partial charge in [-0.05, 0) is 32.8 Å². The third kappa shape index (κ3) is 1.64. The highest BCUT2D eigenvalue weighted by atomic mass is 15.2. The third-order valence-corrected chi connectivity index (χ3v) is 3.24. The molecule has 0 aromatic carbocycles. The minimum Gasteiger partial charge on any atom is -0.359 e. The van der Waals surface area contributed by atoms with Crippen LogP contribution in [0.3, 0.4) is 0 Å². The summed E-state index contributed by atoms with van der Waals surface area (Å²) >= 11 is 0. The highest BCUT2D eigenvalue weighted by Gasteiger charge is 2.18. The first-order valence-corrected chi connectivity index (χ1v) is 6.01. The predicted molar refractivity (Wildman–Crippen MR) is 68.4 cm³/mol. The lowest BCUT2D eigenvalue weighted by molar-refractivity contribution is 0.782. The van der Waals surface area contributed by atoms with Gasteiger partial charge in [-0.15, -0.1) is 0 Å². The fourth-order valence-electron chi connectivity index (χ4n) is 2.51. The quantitative estimate of drug-likeness (QED) is 0.692. The minimum atomic E-state index is 0.831. The molecule has 0 aliphatic carbocycles. The normalized spacial score (nSPS) is 15.1. The molecule has 3 rings (SSSR count). The standard InChI is InChI=1S/C13H16N4/c1-8-7-11-12-10(14-8)5-4-6-17(3)13(12)16-9(2)15-11/h7H,4-6H2,1-3H3. The maximum Gasteiger partial charge on any atom is 0.141 e. The number of pyridine rings is 1. The van der Waals surface area contributed by atoms with Gasteiger partial charge in [-0.25, -0.2) is 9.97 Å². The van der Waals surface area contributed by atoms with E-state index in [9.17, 15) is 0 Å². The van der Waals surface area contributed by atoms with Gasteiger partial charge in [0.1, 0.15) is 11.6 Å². The van der Waals surface area contributed by atoms with E-state index in [-0.39, 0.29) is 0 Å². The molecule has 2 aromatic rings. The summed E-state index contributed by atoms with van der Waals surface area (Å²) in [7, 11) is 2.09. The summed E-state index contributed by atoms with van der Waals surface area (Å²) in [4.78, 5) is 16.0. The molecule has 1 aliphatic heterocycles. The maximum absolute atomic E-state index is 4.65. The average Bonchev–Trinajstić information content (AvgIpc) is 2.39. The lowest BCUT2D eigenvalue weighted by atomic mass is 10.1. The SMILES string of the molecule is Cc1cc2nc(C)nc3c2c(n1)CCCN3C. The number of nitrogens with zero attached hydrogens (tertiary/aromatic N) is 4. The second-order valence-electron chi connectivity index (χ2n) is 4.72. The van der Waals surface area contributed by atoms with Crippen LogP contribution in [0.25, 0.3) is 10.9 Å². The molecule has 0 radical (unpaired) electrons. The molecule has 88 valence electrons. The monoisotopic (exact) mass is 228 g/mol. The number of anilines is 1. The van der Waals surface area contributed by atoms with Crippen LogP contribution in [-0.2, 0) is 6.42 Å². The van der Waals surface area contributed by atoms with Gasteiger partial charge in [0.2, 0.25) is 0 Å². The zero-order valence-electron chi connectivity index (χ0n) is 10.5. The summed E-state index contributed by atoms with van der Waals surface area (Å²) in [5.41, 5.74) is 3.23. The first-order valence-electron chi connectivity index (χ1n) is 6.01. The van der Waals surface area contributed by atoms with Gasteiger partial charge >= 0.3 is 0 Å². The molecule has 0 saturated heterocycles.